The lowest BCUT2D eigenvalue weighted by Gasteiger charge is -2.03. The topological polar surface area (TPSA) is 90.4 Å². The van der Waals surface area contributed by atoms with Gasteiger partial charge in [-0.1, -0.05) is 12.1 Å². The van der Waals surface area contributed by atoms with Crippen molar-refractivity contribution >= 4 is 11.7 Å². The van der Waals surface area contributed by atoms with E-state index < -0.39 is 5.97 Å². The van der Waals surface area contributed by atoms with E-state index in [1.54, 1.807) is 11.8 Å². The third kappa shape index (κ3) is 3.04. The number of aromatic carboxylic acids is 1. The van der Waals surface area contributed by atoms with Crippen molar-refractivity contribution in [2.24, 2.45) is 0 Å². The van der Waals surface area contributed by atoms with Crippen molar-refractivity contribution in [3.05, 3.63) is 41.7 Å². The Morgan fingerprint density at radius 2 is 2.11 bits per heavy atom. The lowest BCUT2D eigenvalue weighted by atomic mass is 10.1. The van der Waals surface area contributed by atoms with Crippen LogP contribution in [0.25, 0.3) is 0 Å². The van der Waals surface area contributed by atoms with Crippen LogP contribution in [0.5, 0.6) is 5.75 Å². The fraction of sp³-hybridized carbons (Fsp3) is 0.231. The van der Waals surface area contributed by atoms with Crippen LogP contribution in [0.1, 0.15) is 16.1 Å². The van der Waals surface area contributed by atoms with Crippen molar-refractivity contribution in [3.63, 3.8) is 0 Å². The van der Waals surface area contributed by atoms with Gasteiger partial charge in [0.1, 0.15) is 5.75 Å². The van der Waals surface area contributed by atoms with Crippen LogP contribution in [0, 0.1) is 0 Å². The van der Waals surface area contributed by atoms with Gasteiger partial charge in [-0.05, 0) is 24.1 Å². The summed E-state index contributed by atoms with van der Waals surface area (Å²) >= 11 is 0. The highest BCUT2D eigenvalue weighted by Crippen LogP contribution is 2.13. The van der Waals surface area contributed by atoms with Gasteiger partial charge in [-0.3, -0.25) is 4.68 Å². The molecule has 0 spiro atoms. The van der Waals surface area contributed by atoms with E-state index in [2.05, 4.69) is 5.10 Å². The van der Waals surface area contributed by atoms with E-state index in [1.165, 1.54) is 6.20 Å². The normalized spacial score (nSPS) is 10.4. The zero-order valence-corrected chi connectivity index (χ0v) is 10.5. The number of ether oxygens (including phenoxy) is 1. The highest BCUT2D eigenvalue weighted by molar-refractivity contribution is 5.91. The van der Waals surface area contributed by atoms with Crippen LogP contribution in [-0.4, -0.2) is 28.0 Å². The van der Waals surface area contributed by atoms with Gasteiger partial charge in [0.2, 0.25) is 0 Å². The minimum absolute atomic E-state index is 0.102. The second-order valence-corrected chi connectivity index (χ2v) is 4.10. The largest absolute Gasteiger partial charge is 0.497 e. The summed E-state index contributed by atoms with van der Waals surface area (Å²) in [6, 6.07) is 7.69. The molecule has 0 saturated heterocycles. The predicted molar refractivity (Wildman–Crippen MR) is 70.3 cm³/mol. The molecule has 6 heteroatoms. The maximum Gasteiger partial charge on any atom is 0.358 e. The van der Waals surface area contributed by atoms with Gasteiger partial charge in [0.25, 0.3) is 0 Å². The van der Waals surface area contributed by atoms with Crippen LogP contribution in [0.4, 0.5) is 5.69 Å². The van der Waals surface area contributed by atoms with Gasteiger partial charge in [0.05, 0.1) is 12.8 Å². The third-order valence-corrected chi connectivity index (χ3v) is 2.78. The average Bonchev–Trinajstić information content (AvgIpc) is 2.78. The molecule has 1 heterocycles. The zero-order valence-electron chi connectivity index (χ0n) is 10.5. The van der Waals surface area contributed by atoms with E-state index in [1.807, 2.05) is 24.3 Å². The van der Waals surface area contributed by atoms with Gasteiger partial charge in [-0.15, -0.1) is 0 Å². The number of aryl methyl sites for hydroxylation is 2. The smallest absolute Gasteiger partial charge is 0.358 e. The molecule has 6 nitrogen and oxygen atoms in total. The molecule has 2 rings (SSSR count). The summed E-state index contributed by atoms with van der Waals surface area (Å²) in [5.41, 5.74) is 6.77. The van der Waals surface area contributed by atoms with Crippen molar-refractivity contribution in [2.75, 3.05) is 12.8 Å². The second kappa shape index (κ2) is 5.43. The highest BCUT2D eigenvalue weighted by Gasteiger charge is 2.12. The van der Waals surface area contributed by atoms with Gasteiger partial charge >= 0.3 is 5.97 Å². The van der Waals surface area contributed by atoms with E-state index >= 15 is 0 Å². The van der Waals surface area contributed by atoms with E-state index in [9.17, 15) is 4.79 Å². The molecule has 0 unspecified atom stereocenters. The highest BCUT2D eigenvalue weighted by atomic mass is 16.5. The molecule has 0 radical (unpaired) electrons. The fourth-order valence-electron chi connectivity index (χ4n) is 1.75. The van der Waals surface area contributed by atoms with Crippen molar-refractivity contribution in [2.45, 2.75) is 13.0 Å². The van der Waals surface area contributed by atoms with Crippen molar-refractivity contribution in [1.29, 1.82) is 0 Å². The second-order valence-electron chi connectivity index (χ2n) is 4.10. The summed E-state index contributed by atoms with van der Waals surface area (Å²) in [6.45, 7) is 0.573. The van der Waals surface area contributed by atoms with Gasteiger partial charge < -0.3 is 15.6 Å². The first kappa shape index (κ1) is 12.9. The minimum atomic E-state index is -1.11. The Balaban J connectivity index is 2.01. The van der Waals surface area contributed by atoms with Crippen molar-refractivity contribution < 1.29 is 14.6 Å². The zero-order chi connectivity index (χ0) is 13.8. The van der Waals surface area contributed by atoms with Gasteiger partial charge in [-0.2, -0.15) is 5.10 Å². The number of nitrogens with zero attached hydrogens (tertiary/aromatic N) is 2. The van der Waals surface area contributed by atoms with Crippen LogP contribution in [0.15, 0.2) is 30.5 Å². The Bertz CT molecular complexity index is 575. The monoisotopic (exact) mass is 261 g/mol. The number of anilines is 1. The van der Waals surface area contributed by atoms with Crippen molar-refractivity contribution in [3.8, 4) is 5.75 Å². The lowest BCUT2D eigenvalue weighted by molar-refractivity contribution is 0.0690. The number of benzene rings is 1. The number of carbonyl (C=O) groups is 1. The molecule has 0 aliphatic heterocycles. The molecular weight excluding hydrogens is 246 g/mol. The summed E-state index contributed by atoms with van der Waals surface area (Å²) in [5.74, 6) is -0.305. The molecule has 0 atom stereocenters. The standard InChI is InChI=1S/C13H15N3O3/c1-19-10-4-2-9(3-5-10)6-7-16-8-11(14)12(15-16)13(17)18/h2-5,8H,6-7,14H2,1H3,(H,17,18). The van der Waals surface area contributed by atoms with E-state index in [4.69, 9.17) is 15.6 Å². The first-order valence-corrected chi connectivity index (χ1v) is 5.79. The van der Waals surface area contributed by atoms with Gasteiger partial charge in [0, 0.05) is 12.7 Å². The number of nitrogens with two attached hydrogens (primary N) is 1. The molecule has 2 aromatic rings. The number of methoxy groups -OCH3 is 1. The van der Waals surface area contributed by atoms with E-state index in [0.717, 1.165) is 17.7 Å². The Labute approximate surface area is 110 Å². The van der Waals surface area contributed by atoms with Crippen molar-refractivity contribution in [1.82, 2.24) is 9.78 Å². The summed E-state index contributed by atoms with van der Waals surface area (Å²) in [7, 11) is 1.62. The maximum atomic E-state index is 10.8. The molecule has 1 aromatic heterocycles. The first-order valence-electron chi connectivity index (χ1n) is 5.79. The Kier molecular flexibility index (Phi) is 3.70. The van der Waals surface area contributed by atoms with Crippen LogP contribution < -0.4 is 10.5 Å². The number of aromatic nitrogens is 2. The molecule has 19 heavy (non-hydrogen) atoms. The number of hydrogen-bond acceptors (Lipinski definition) is 4. The lowest BCUT2D eigenvalue weighted by Crippen LogP contribution is -2.05. The molecule has 3 N–H and O–H groups in total. The first-order chi connectivity index (χ1) is 9.10. The van der Waals surface area contributed by atoms with E-state index in [0.29, 0.717) is 6.54 Å². The Hall–Kier alpha value is -2.50. The summed E-state index contributed by atoms with van der Waals surface area (Å²) in [6.07, 6.45) is 2.27. The fourth-order valence-corrected chi connectivity index (χ4v) is 1.75. The Morgan fingerprint density at radius 1 is 1.42 bits per heavy atom. The molecule has 0 fully saturated rings. The molecule has 0 bridgehead atoms. The molecule has 0 aliphatic carbocycles. The molecule has 0 aliphatic rings. The summed E-state index contributed by atoms with van der Waals surface area (Å²) in [5, 5.41) is 12.8. The number of carboxylic acids is 1. The van der Waals surface area contributed by atoms with Crippen LogP contribution in [0.3, 0.4) is 0 Å². The van der Waals surface area contributed by atoms with Gasteiger partial charge in [-0.25, -0.2) is 4.79 Å². The van der Waals surface area contributed by atoms with Crippen LogP contribution in [-0.2, 0) is 13.0 Å². The molecule has 1 aromatic carbocycles. The SMILES string of the molecule is COc1ccc(CCn2cc(N)c(C(=O)O)n2)cc1. The van der Waals surface area contributed by atoms with Crippen LogP contribution in [0.2, 0.25) is 0 Å². The van der Waals surface area contributed by atoms with Gasteiger partial charge in [0.15, 0.2) is 5.69 Å². The molecule has 0 saturated carbocycles. The number of rotatable bonds is 5. The molecule has 0 amide bonds. The quantitative estimate of drug-likeness (QED) is 0.849. The summed E-state index contributed by atoms with van der Waals surface area (Å²) < 4.78 is 6.62. The maximum absolute atomic E-state index is 10.8. The Morgan fingerprint density at radius 3 is 2.63 bits per heavy atom. The molecular formula is C13H15N3O3. The number of hydrogen-bond donors (Lipinski definition) is 2. The average molecular weight is 261 g/mol. The number of nitrogen functional groups attached to an aromatic ring is 1. The van der Waals surface area contributed by atoms with Crippen LogP contribution >= 0.6 is 0 Å². The molecule has 100 valence electrons. The summed E-state index contributed by atoms with van der Waals surface area (Å²) in [4.78, 5) is 10.8. The third-order valence-electron chi connectivity index (χ3n) is 2.78. The predicted octanol–water partition coefficient (Wildman–Crippen LogP) is 1.41. The van der Waals surface area contributed by atoms with E-state index in [-0.39, 0.29) is 11.4 Å². The number of carboxylic acid groups (broad SMARTS) is 1. The minimum Gasteiger partial charge on any atom is -0.497 e.